The third kappa shape index (κ3) is 1.78. The van der Waals surface area contributed by atoms with Gasteiger partial charge >= 0.3 is 0 Å². The highest BCUT2D eigenvalue weighted by atomic mass is 16.6. The first-order valence-corrected chi connectivity index (χ1v) is 3.32. The van der Waals surface area contributed by atoms with Crippen LogP contribution in [0, 0.1) is 10.1 Å². The molecule has 0 bridgehead atoms. The number of carbonyl (C=O) groups excluding carboxylic acids is 1. The lowest BCUT2D eigenvalue weighted by Gasteiger charge is -1.98. The van der Waals surface area contributed by atoms with Crippen molar-refractivity contribution in [1.29, 1.82) is 0 Å². The zero-order valence-electron chi connectivity index (χ0n) is 6.76. The Morgan fingerprint density at radius 3 is 2.85 bits per heavy atom. The summed E-state index contributed by atoms with van der Waals surface area (Å²) in [7, 11) is 1.36. The van der Waals surface area contributed by atoms with Gasteiger partial charge in [-0.25, -0.2) is 4.98 Å². The number of aromatic nitrogens is 1. The van der Waals surface area contributed by atoms with E-state index < -0.39 is 4.92 Å². The lowest BCUT2D eigenvalue weighted by Crippen LogP contribution is -1.97. The van der Waals surface area contributed by atoms with Crippen LogP contribution in [0.1, 0.15) is 10.4 Å². The summed E-state index contributed by atoms with van der Waals surface area (Å²) in [5.74, 6) is 0.174. The van der Waals surface area contributed by atoms with Crippen LogP contribution in [-0.4, -0.2) is 23.3 Å². The lowest BCUT2D eigenvalue weighted by atomic mass is 10.2. The molecule has 0 N–H and O–H groups in total. The molecule has 0 saturated heterocycles. The van der Waals surface area contributed by atoms with Crippen molar-refractivity contribution in [2.75, 3.05) is 7.11 Å². The molecule has 0 aromatic carbocycles. The average molecular weight is 182 g/mol. The van der Waals surface area contributed by atoms with Crippen molar-refractivity contribution >= 4 is 12.0 Å². The Bertz CT molecular complexity index is 350. The summed E-state index contributed by atoms with van der Waals surface area (Å²) in [5, 5.41) is 10.3. The first-order valence-electron chi connectivity index (χ1n) is 3.32. The van der Waals surface area contributed by atoms with Gasteiger partial charge < -0.3 is 4.74 Å². The second-order valence-electron chi connectivity index (χ2n) is 2.16. The minimum absolute atomic E-state index is 0.0446. The Hall–Kier alpha value is -1.98. The molecule has 13 heavy (non-hydrogen) atoms. The third-order valence-corrected chi connectivity index (χ3v) is 1.42. The molecule has 68 valence electrons. The molecule has 1 rings (SSSR count). The summed E-state index contributed by atoms with van der Waals surface area (Å²) < 4.78 is 4.70. The van der Waals surface area contributed by atoms with Crippen molar-refractivity contribution in [1.82, 2.24) is 4.98 Å². The number of hydrogen-bond donors (Lipinski definition) is 0. The van der Waals surface area contributed by atoms with E-state index in [0.29, 0.717) is 6.29 Å². The van der Waals surface area contributed by atoms with Gasteiger partial charge in [0.15, 0.2) is 6.29 Å². The van der Waals surface area contributed by atoms with E-state index in [1.165, 1.54) is 13.2 Å². The largest absolute Gasteiger partial charge is 0.481 e. The predicted molar refractivity (Wildman–Crippen MR) is 42.8 cm³/mol. The summed E-state index contributed by atoms with van der Waals surface area (Å²) in [5.41, 5.74) is -0.368. The van der Waals surface area contributed by atoms with Crippen molar-refractivity contribution in [3.05, 3.63) is 27.9 Å². The fourth-order valence-corrected chi connectivity index (χ4v) is 0.802. The molecule has 0 fully saturated rings. The average Bonchev–Trinajstić information content (AvgIpc) is 2.16. The maximum Gasteiger partial charge on any atom is 0.298 e. The van der Waals surface area contributed by atoms with Crippen molar-refractivity contribution < 1.29 is 14.5 Å². The van der Waals surface area contributed by atoms with Crippen LogP contribution in [0.3, 0.4) is 0 Å². The maximum atomic E-state index is 10.4. The summed E-state index contributed by atoms with van der Waals surface area (Å²) in [6.45, 7) is 0. The number of ether oxygens (including phenoxy) is 1. The first kappa shape index (κ1) is 9.11. The molecular formula is C7H6N2O4. The van der Waals surface area contributed by atoms with Gasteiger partial charge in [-0.2, -0.15) is 0 Å². The molecule has 0 radical (unpaired) electrons. The summed E-state index contributed by atoms with van der Waals surface area (Å²) in [4.78, 5) is 23.7. The van der Waals surface area contributed by atoms with Crippen LogP contribution in [0.15, 0.2) is 12.3 Å². The van der Waals surface area contributed by atoms with Crippen LogP contribution >= 0.6 is 0 Å². The van der Waals surface area contributed by atoms with Gasteiger partial charge in [0.05, 0.1) is 17.6 Å². The second kappa shape index (κ2) is 3.61. The molecule has 0 aliphatic rings. The molecule has 0 aliphatic carbocycles. The molecule has 0 spiro atoms. The molecule has 6 nitrogen and oxygen atoms in total. The zero-order chi connectivity index (χ0) is 9.84. The fraction of sp³-hybridized carbons (Fsp3) is 0.143. The zero-order valence-corrected chi connectivity index (χ0v) is 6.76. The normalized spacial score (nSPS) is 9.31. The first-order chi connectivity index (χ1) is 6.19. The molecule has 0 atom stereocenters. The van der Waals surface area contributed by atoms with Gasteiger partial charge in [0, 0.05) is 6.07 Å². The second-order valence-corrected chi connectivity index (χ2v) is 2.16. The van der Waals surface area contributed by atoms with Gasteiger partial charge in [0.25, 0.3) is 5.69 Å². The molecule has 1 aromatic heterocycles. The molecule has 1 heterocycles. The van der Waals surface area contributed by atoms with Crippen LogP contribution in [0.5, 0.6) is 5.88 Å². The van der Waals surface area contributed by atoms with E-state index >= 15 is 0 Å². The highest BCUT2D eigenvalue weighted by Gasteiger charge is 2.14. The van der Waals surface area contributed by atoms with Crippen molar-refractivity contribution in [3.8, 4) is 5.88 Å². The van der Waals surface area contributed by atoms with E-state index in [9.17, 15) is 14.9 Å². The van der Waals surface area contributed by atoms with Gasteiger partial charge in [-0.3, -0.25) is 14.9 Å². The number of methoxy groups -OCH3 is 1. The van der Waals surface area contributed by atoms with Crippen molar-refractivity contribution in [2.24, 2.45) is 0 Å². The topological polar surface area (TPSA) is 82.3 Å². The quantitative estimate of drug-likeness (QED) is 0.392. The summed E-state index contributed by atoms with van der Waals surface area (Å²) in [6.07, 6.45) is 1.38. The number of pyridine rings is 1. The van der Waals surface area contributed by atoms with E-state index in [1.807, 2.05) is 0 Å². The Balaban J connectivity index is 3.23. The van der Waals surface area contributed by atoms with Gasteiger partial charge in [-0.1, -0.05) is 0 Å². The van der Waals surface area contributed by atoms with E-state index in [4.69, 9.17) is 4.74 Å². The molecular weight excluding hydrogens is 176 g/mol. The fourth-order valence-electron chi connectivity index (χ4n) is 0.802. The van der Waals surface area contributed by atoms with Gasteiger partial charge in [0.2, 0.25) is 5.88 Å². The Morgan fingerprint density at radius 2 is 2.38 bits per heavy atom. The summed E-state index contributed by atoms with van der Waals surface area (Å²) >= 11 is 0. The van der Waals surface area contributed by atoms with Crippen molar-refractivity contribution in [3.63, 3.8) is 0 Å². The standard InChI is InChI=1S/C7H6N2O4/c1-13-7-2-5(4-10)6(3-8-7)9(11)12/h2-4H,1H3. The molecule has 0 aliphatic heterocycles. The smallest absolute Gasteiger partial charge is 0.298 e. The van der Waals surface area contributed by atoms with E-state index in [2.05, 4.69) is 4.98 Å². The predicted octanol–water partition coefficient (Wildman–Crippen LogP) is 0.811. The molecule has 1 aromatic rings. The molecule has 0 amide bonds. The van der Waals surface area contributed by atoms with Crippen LogP contribution in [0.2, 0.25) is 0 Å². The Morgan fingerprint density at radius 1 is 1.69 bits per heavy atom. The molecule has 6 heteroatoms. The van der Waals surface area contributed by atoms with E-state index in [0.717, 1.165) is 6.20 Å². The Labute approximate surface area is 73.3 Å². The number of rotatable bonds is 3. The van der Waals surface area contributed by atoms with Crippen LogP contribution < -0.4 is 4.74 Å². The number of nitrogens with zero attached hydrogens (tertiary/aromatic N) is 2. The molecule has 0 unspecified atom stereocenters. The van der Waals surface area contributed by atoms with E-state index in [1.54, 1.807) is 0 Å². The molecule has 0 saturated carbocycles. The maximum absolute atomic E-state index is 10.4. The number of hydrogen-bond acceptors (Lipinski definition) is 5. The SMILES string of the molecule is COc1cc(C=O)c([N+](=O)[O-])cn1. The van der Waals surface area contributed by atoms with Gasteiger partial charge in [-0.05, 0) is 0 Å². The van der Waals surface area contributed by atoms with Crippen LogP contribution in [0.25, 0.3) is 0 Å². The Kier molecular flexibility index (Phi) is 2.53. The van der Waals surface area contributed by atoms with Gasteiger partial charge in [-0.15, -0.1) is 0 Å². The number of nitro groups is 1. The lowest BCUT2D eigenvalue weighted by molar-refractivity contribution is -0.385. The highest BCUT2D eigenvalue weighted by Crippen LogP contribution is 2.18. The van der Waals surface area contributed by atoms with Crippen LogP contribution in [0.4, 0.5) is 5.69 Å². The monoisotopic (exact) mass is 182 g/mol. The highest BCUT2D eigenvalue weighted by molar-refractivity contribution is 5.81. The minimum Gasteiger partial charge on any atom is -0.481 e. The van der Waals surface area contributed by atoms with E-state index in [-0.39, 0.29) is 17.1 Å². The summed E-state index contributed by atoms with van der Waals surface area (Å²) in [6, 6.07) is 1.21. The van der Waals surface area contributed by atoms with Gasteiger partial charge in [0.1, 0.15) is 6.20 Å². The minimum atomic E-state index is -0.670. The third-order valence-electron chi connectivity index (χ3n) is 1.42. The van der Waals surface area contributed by atoms with Crippen LogP contribution in [-0.2, 0) is 0 Å². The number of aldehydes is 1. The van der Waals surface area contributed by atoms with Crippen molar-refractivity contribution in [2.45, 2.75) is 0 Å². The number of carbonyl (C=O) groups is 1.